The number of aryl methyl sites for hydroxylation is 1. The molecule has 1 amide bonds. The van der Waals surface area contributed by atoms with Gasteiger partial charge in [0.05, 0.1) is 20.5 Å². The van der Waals surface area contributed by atoms with Crippen LogP contribution in [0.4, 0.5) is 5.13 Å². The predicted octanol–water partition coefficient (Wildman–Crippen LogP) is 5.18. The number of carbonyl (C=O) groups is 1. The van der Waals surface area contributed by atoms with Crippen molar-refractivity contribution >= 4 is 69.1 Å². The first-order chi connectivity index (χ1) is 11.9. The van der Waals surface area contributed by atoms with E-state index in [0.717, 1.165) is 21.9 Å². The third-order valence-electron chi connectivity index (χ3n) is 3.19. The van der Waals surface area contributed by atoms with Crippen LogP contribution in [-0.4, -0.2) is 25.7 Å². The van der Waals surface area contributed by atoms with Gasteiger partial charge >= 0.3 is 0 Å². The van der Waals surface area contributed by atoms with Gasteiger partial charge in [0.2, 0.25) is 0 Å². The van der Waals surface area contributed by atoms with Gasteiger partial charge in [0.15, 0.2) is 15.7 Å². The van der Waals surface area contributed by atoms with Crippen molar-refractivity contribution in [3.05, 3.63) is 43.4 Å². The third kappa shape index (κ3) is 3.70. The molecule has 11 heteroatoms. The highest BCUT2D eigenvalue weighted by atomic mass is 35.5. The van der Waals surface area contributed by atoms with Crippen LogP contribution in [0.2, 0.25) is 8.67 Å². The predicted molar refractivity (Wildman–Crippen MR) is 106 cm³/mol. The van der Waals surface area contributed by atoms with E-state index in [4.69, 9.17) is 35.4 Å². The minimum absolute atomic E-state index is 0.320. The molecule has 130 valence electrons. The fourth-order valence-electron chi connectivity index (χ4n) is 2.11. The maximum absolute atomic E-state index is 12.3. The Morgan fingerprint density at radius 1 is 1.52 bits per heavy atom. The van der Waals surface area contributed by atoms with Gasteiger partial charge in [-0.05, 0) is 25.2 Å². The SMILES string of the molecule is C=CCn1c(-c2sc(NC(=O)c3cc(Cl)sc3Cl)nc2C)n[nH]c1=S. The molecule has 2 N–H and O–H groups in total. The largest absolute Gasteiger partial charge is 0.298 e. The second-order valence-electron chi connectivity index (χ2n) is 4.88. The zero-order valence-electron chi connectivity index (χ0n) is 12.8. The number of halogens is 2. The van der Waals surface area contributed by atoms with E-state index in [0.29, 0.717) is 36.5 Å². The van der Waals surface area contributed by atoms with Crippen molar-refractivity contribution in [1.29, 1.82) is 0 Å². The summed E-state index contributed by atoms with van der Waals surface area (Å²) in [7, 11) is 0. The van der Waals surface area contributed by atoms with Crippen LogP contribution in [0, 0.1) is 11.7 Å². The summed E-state index contributed by atoms with van der Waals surface area (Å²) in [6.07, 6.45) is 1.73. The minimum Gasteiger partial charge on any atom is -0.298 e. The number of hydrogen-bond donors (Lipinski definition) is 2. The lowest BCUT2D eigenvalue weighted by Gasteiger charge is -2.01. The smallest absolute Gasteiger partial charge is 0.259 e. The summed E-state index contributed by atoms with van der Waals surface area (Å²) in [6.45, 7) is 6.08. The van der Waals surface area contributed by atoms with Gasteiger partial charge in [0, 0.05) is 6.54 Å². The Hall–Kier alpha value is -1.52. The number of aromatic amines is 1. The summed E-state index contributed by atoms with van der Waals surface area (Å²) >= 11 is 19.6. The normalized spacial score (nSPS) is 10.8. The molecule has 0 radical (unpaired) electrons. The van der Waals surface area contributed by atoms with Gasteiger partial charge < -0.3 is 0 Å². The molecule has 3 aromatic rings. The van der Waals surface area contributed by atoms with Crippen LogP contribution in [0.5, 0.6) is 0 Å². The summed E-state index contributed by atoms with van der Waals surface area (Å²) in [5, 5.41) is 10.2. The van der Waals surface area contributed by atoms with Crippen molar-refractivity contribution in [3.63, 3.8) is 0 Å². The number of nitrogens with one attached hydrogen (secondary N) is 2. The molecular formula is C14H11Cl2N5OS3. The van der Waals surface area contributed by atoms with Gasteiger partial charge in [-0.15, -0.1) is 17.9 Å². The average Bonchev–Trinajstić information content (AvgIpc) is 3.19. The molecule has 0 unspecified atom stereocenters. The Balaban J connectivity index is 1.91. The average molecular weight is 432 g/mol. The fourth-order valence-corrected chi connectivity index (χ4v) is 4.73. The van der Waals surface area contributed by atoms with E-state index < -0.39 is 0 Å². The van der Waals surface area contributed by atoms with Crippen LogP contribution in [0.3, 0.4) is 0 Å². The standard InChI is InChI=1S/C14H11Cl2N5OS3/c1-3-4-21-11(19-20-14(21)23)9-6(2)17-13(25-9)18-12(22)7-5-8(15)24-10(7)16/h3,5H,1,4H2,2H3,(H,20,23)(H,17,18,22). The van der Waals surface area contributed by atoms with Crippen LogP contribution >= 0.6 is 58.1 Å². The second-order valence-corrected chi connectivity index (χ2v) is 8.55. The number of H-pyrrole nitrogens is 1. The number of thiophene rings is 1. The van der Waals surface area contributed by atoms with Crippen LogP contribution in [-0.2, 0) is 6.54 Å². The summed E-state index contributed by atoms with van der Waals surface area (Å²) in [5.41, 5.74) is 1.05. The maximum Gasteiger partial charge on any atom is 0.259 e. The molecule has 3 aromatic heterocycles. The Morgan fingerprint density at radius 3 is 2.92 bits per heavy atom. The molecule has 0 aliphatic carbocycles. The summed E-state index contributed by atoms with van der Waals surface area (Å²) in [5.74, 6) is 0.287. The first kappa shape index (κ1) is 18.3. The zero-order valence-corrected chi connectivity index (χ0v) is 16.8. The van der Waals surface area contributed by atoms with Gasteiger partial charge in [-0.25, -0.2) is 4.98 Å². The quantitative estimate of drug-likeness (QED) is 0.430. The van der Waals surface area contributed by atoms with Crippen molar-refractivity contribution in [3.8, 4) is 10.7 Å². The summed E-state index contributed by atoms with van der Waals surface area (Å²) in [4.78, 5) is 17.5. The number of aromatic nitrogens is 4. The van der Waals surface area contributed by atoms with Crippen molar-refractivity contribution in [2.24, 2.45) is 0 Å². The molecule has 0 aliphatic rings. The second kappa shape index (κ2) is 7.38. The fraction of sp³-hybridized carbons (Fsp3) is 0.143. The van der Waals surface area contributed by atoms with E-state index >= 15 is 0 Å². The third-order valence-corrected chi connectivity index (χ3v) is 6.06. The lowest BCUT2D eigenvalue weighted by atomic mass is 10.3. The molecule has 0 aliphatic heterocycles. The molecular weight excluding hydrogens is 421 g/mol. The number of rotatable bonds is 5. The molecule has 25 heavy (non-hydrogen) atoms. The van der Waals surface area contributed by atoms with Crippen molar-refractivity contribution in [1.82, 2.24) is 19.7 Å². The van der Waals surface area contributed by atoms with Crippen LogP contribution in [0.15, 0.2) is 18.7 Å². The first-order valence-electron chi connectivity index (χ1n) is 6.90. The number of thiazole rings is 1. The van der Waals surface area contributed by atoms with Gasteiger partial charge in [-0.3, -0.25) is 19.8 Å². The van der Waals surface area contributed by atoms with Crippen molar-refractivity contribution in [2.45, 2.75) is 13.5 Å². The van der Waals surface area contributed by atoms with E-state index in [1.54, 1.807) is 6.08 Å². The monoisotopic (exact) mass is 431 g/mol. The van der Waals surface area contributed by atoms with E-state index in [9.17, 15) is 4.79 Å². The Morgan fingerprint density at radius 2 is 2.28 bits per heavy atom. The zero-order chi connectivity index (χ0) is 18.1. The molecule has 3 heterocycles. The maximum atomic E-state index is 12.3. The highest BCUT2D eigenvalue weighted by molar-refractivity contribution is 7.71. The van der Waals surface area contributed by atoms with Crippen LogP contribution in [0.1, 0.15) is 16.1 Å². The minimum atomic E-state index is -0.363. The highest BCUT2D eigenvalue weighted by Crippen LogP contribution is 2.34. The van der Waals surface area contributed by atoms with E-state index in [-0.39, 0.29) is 5.91 Å². The highest BCUT2D eigenvalue weighted by Gasteiger charge is 2.19. The Kier molecular flexibility index (Phi) is 5.40. The Bertz CT molecular complexity index is 1020. The van der Waals surface area contributed by atoms with Crippen LogP contribution in [0.25, 0.3) is 10.7 Å². The first-order valence-corrected chi connectivity index (χ1v) is 9.70. The van der Waals surface area contributed by atoms with E-state index in [1.807, 2.05) is 11.5 Å². The van der Waals surface area contributed by atoms with E-state index in [1.165, 1.54) is 17.4 Å². The number of amides is 1. The molecule has 3 rings (SSSR count). The lowest BCUT2D eigenvalue weighted by molar-refractivity contribution is 0.102. The molecule has 0 saturated heterocycles. The van der Waals surface area contributed by atoms with Crippen molar-refractivity contribution in [2.75, 3.05) is 5.32 Å². The molecule has 6 nitrogen and oxygen atoms in total. The molecule has 0 atom stereocenters. The molecule has 0 bridgehead atoms. The number of carbonyl (C=O) groups excluding carboxylic acids is 1. The van der Waals surface area contributed by atoms with E-state index in [2.05, 4.69) is 27.1 Å². The molecule has 0 spiro atoms. The lowest BCUT2D eigenvalue weighted by Crippen LogP contribution is -2.11. The number of anilines is 1. The molecule has 0 fully saturated rings. The van der Waals surface area contributed by atoms with Gasteiger partial charge in [0.1, 0.15) is 4.34 Å². The Labute approximate surface area is 166 Å². The van der Waals surface area contributed by atoms with Crippen LogP contribution < -0.4 is 5.32 Å². The summed E-state index contributed by atoms with van der Waals surface area (Å²) < 4.78 is 3.09. The molecule has 0 saturated carbocycles. The number of nitrogens with zero attached hydrogens (tertiary/aromatic N) is 3. The van der Waals surface area contributed by atoms with Crippen molar-refractivity contribution < 1.29 is 4.79 Å². The van der Waals surface area contributed by atoms with Gasteiger partial charge in [-0.2, -0.15) is 5.10 Å². The summed E-state index contributed by atoms with van der Waals surface area (Å²) in [6, 6.07) is 1.53. The number of allylic oxidation sites excluding steroid dienone is 1. The van der Waals surface area contributed by atoms with Gasteiger partial charge in [0.25, 0.3) is 5.91 Å². The number of hydrogen-bond acceptors (Lipinski definition) is 6. The topological polar surface area (TPSA) is 75.6 Å². The van der Waals surface area contributed by atoms with Gasteiger partial charge in [-0.1, -0.05) is 40.6 Å². The molecule has 0 aromatic carbocycles.